The molecule has 0 atom stereocenters. The molecule has 1 rings (SSSR count). The van der Waals surface area contributed by atoms with Gasteiger partial charge in [0, 0.05) is 0 Å². The molecule has 55 valence electrons. The van der Waals surface area contributed by atoms with E-state index in [0.29, 0.717) is 5.92 Å². The van der Waals surface area contributed by atoms with Gasteiger partial charge in [0.1, 0.15) is 0 Å². The molecule has 0 amide bonds. The number of hydrogen-bond acceptors (Lipinski definition) is 1. The summed E-state index contributed by atoms with van der Waals surface area (Å²) in [7, 11) is 0. The number of nitrogens with zero attached hydrogens (tertiary/aromatic N) is 1. The third-order valence-corrected chi connectivity index (χ3v) is 1.59. The van der Waals surface area contributed by atoms with Gasteiger partial charge in [-0.1, -0.05) is 26.0 Å². The second-order valence-corrected chi connectivity index (χ2v) is 2.76. The molecule has 0 saturated carbocycles. The summed E-state index contributed by atoms with van der Waals surface area (Å²) in [5, 5.41) is 8.70. The van der Waals surface area contributed by atoms with Gasteiger partial charge < -0.3 is 0 Å². The van der Waals surface area contributed by atoms with Gasteiger partial charge in [0.2, 0.25) is 0 Å². The lowest BCUT2D eigenvalue weighted by atomic mass is 9.98. The molecule has 1 radical (unpaired) electrons. The minimum absolute atomic E-state index is 0.380. The Labute approximate surface area is 67.3 Å². The van der Waals surface area contributed by atoms with Crippen LogP contribution in [-0.4, -0.2) is 0 Å². The summed E-state index contributed by atoms with van der Waals surface area (Å²) < 4.78 is 0. The van der Waals surface area contributed by atoms with E-state index in [9.17, 15) is 0 Å². The van der Waals surface area contributed by atoms with Crippen LogP contribution in [0.1, 0.15) is 30.9 Å². The highest BCUT2D eigenvalue weighted by molar-refractivity contribution is 5.38. The Morgan fingerprint density at radius 1 is 1.55 bits per heavy atom. The van der Waals surface area contributed by atoms with Crippen molar-refractivity contribution in [2.24, 2.45) is 0 Å². The summed E-state index contributed by atoms with van der Waals surface area (Å²) in [6, 6.07) is 10.7. The van der Waals surface area contributed by atoms with Crippen LogP contribution in [0.25, 0.3) is 0 Å². The molecule has 0 aliphatic carbocycles. The first-order valence-corrected chi connectivity index (χ1v) is 3.66. The number of rotatable bonds is 1. The average Bonchev–Trinajstić information content (AvgIpc) is 2.04. The first kappa shape index (κ1) is 7.81. The standard InChI is InChI=1S/C10H10N/c1-8(2)10-6-4-3-5-9(10)7-11/h3-5,8H,1-2H3. The van der Waals surface area contributed by atoms with Gasteiger partial charge in [0.15, 0.2) is 0 Å². The summed E-state index contributed by atoms with van der Waals surface area (Å²) in [4.78, 5) is 0. The van der Waals surface area contributed by atoms with Crippen molar-refractivity contribution in [1.29, 1.82) is 5.26 Å². The summed E-state index contributed by atoms with van der Waals surface area (Å²) in [5.74, 6) is 0.380. The molecule has 1 heteroatoms. The molecular formula is C10H10N. The van der Waals surface area contributed by atoms with Gasteiger partial charge >= 0.3 is 0 Å². The van der Waals surface area contributed by atoms with Crippen LogP contribution in [0.2, 0.25) is 0 Å². The fourth-order valence-electron chi connectivity index (χ4n) is 1.02. The first-order valence-electron chi connectivity index (χ1n) is 3.66. The van der Waals surface area contributed by atoms with Crippen molar-refractivity contribution in [2.45, 2.75) is 19.8 Å². The van der Waals surface area contributed by atoms with E-state index >= 15 is 0 Å². The Morgan fingerprint density at radius 3 is 2.73 bits per heavy atom. The molecule has 0 unspecified atom stereocenters. The Balaban J connectivity index is 3.15. The Hall–Kier alpha value is -1.29. The molecular weight excluding hydrogens is 134 g/mol. The monoisotopic (exact) mass is 144 g/mol. The number of hydrogen-bond donors (Lipinski definition) is 0. The quantitative estimate of drug-likeness (QED) is 0.594. The Morgan fingerprint density at radius 2 is 2.27 bits per heavy atom. The molecule has 1 nitrogen and oxygen atoms in total. The highest BCUT2D eigenvalue weighted by Gasteiger charge is 2.03. The second-order valence-electron chi connectivity index (χ2n) is 2.76. The van der Waals surface area contributed by atoms with Crippen LogP contribution in [0.3, 0.4) is 0 Å². The van der Waals surface area contributed by atoms with Crippen molar-refractivity contribution in [2.75, 3.05) is 0 Å². The minimum atomic E-state index is 0.380. The number of benzene rings is 1. The van der Waals surface area contributed by atoms with E-state index in [1.807, 2.05) is 18.2 Å². The van der Waals surface area contributed by atoms with Crippen LogP contribution < -0.4 is 0 Å². The summed E-state index contributed by atoms with van der Waals surface area (Å²) in [6.45, 7) is 4.12. The maximum atomic E-state index is 8.70. The maximum absolute atomic E-state index is 8.70. The zero-order valence-electron chi connectivity index (χ0n) is 6.76. The van der Waals surface area contributed by atoms with Crippen LogP contribution in [0, 0.1) is 17.4 Å². The van der Waals surface area contributed by atoms with E-state index in [2.05, 4.69) is 26.0 Å². The molecule has 11 heavy (non-hydrogen) atoms. The van der Waals surface area contributed by atoms with Crippen molar-refractivity contribution in [3.05, 3.63) is 35.4 Å². The zero-order chi connectivity index (χ0) is 8.27. The molecule has 0 bridgehead atoms. The molecule has 1 aromatic carbocycles. The van der Waals surface area contributed by atoms with E-state index < -0.39 is 0 Å². The second kappa shape index (κ2) is 3.21. The summed E-state index contributed by atoms with van der Waals surface area (Å²) in [6.07, 6.45) is 0. The minimum Gasteiger partial charge on any atom is -0.192 e. The molecule has 0 spiro atoms. The van der Waals surface area contributed by atoms with E-state index in [1.165, 1.54) is 0 Å². The third kappa shape index (κ3) is 1.59. The maximum Gasteiger partial charge on any atom is 0.0994 e. The summed E-state index contributed by atoms with van der Waals surface area (Å²) >= 11 is 0. The topological polar surface area (TPSA) is 23.8 Å². The smallest absolute Gasteiger partial charge is 0.0994 e. The highest BCUT2D eigenvalue weighted by atomic mass is 14.2. The zero-order valence-corrected chi connectivity index (χ0v) is 6.76. The first-order chi connectivity index (χ1) is 5.25. The lowest BCUT2D eigenvalue weighted by Crippen LogP contribution is -1.91. The predicted octanol–water partition coefficient (Wildman–Crippen LogP) is 2.48. The normalized spacial score (nSPS) is 9.64. The van der Waals surface area contributed by atoms with Crippen LogP contribution >= 0.6 is 0 Å². The molecule has 0 saturated heterocycles. The third-order valence-electron chi connectivity index (χ3n) is 1.59. The van der Waals surface area contributed by atoms with E-state index in [1.54, 1.807) is 0 Å². The Bertz CT molecular complexity index is 281. The number of nitriles is 1. The molecule has 1 aromatic rings. The van der Waals surface area contributed by atoms with Crippen LogP contribution in [0.5, 0.6) is 0 Å². The highest BCUT2D eigenvalue weighted by Crippen LogP contribution is 2.16. The van der Waals surface area contributed by atoms with Crippen molar-refractivity contribution in [3.63, 3.8) is 0 Å². The van der Waals surface area contributed by atoms with Gasteiger partial charge in [-0.3, -0.25) is 0 Å². The van der Waals surface area contributed by atoms with Gasteiger partial charge in [0.25, 0.3) is 0 Å². The van der Waals surface area contributed by atoms with Crippen molar-refractivity contribution in [3.8, 4) is 6.07 Å². The lowest BCUT2D eigenvalue weighted by Gasteiger charge is -2.04. The molecule has 0 heterocycles. The van der Waals surface area contributed by atoms with Gasteiger partial charge in [-0.05, 0) is 23.6 Å². The molecule has 0 fully saturated rings. The SMILES string of the molecule is CC(C)c1[c]cccc1C#N. The van der Waals surface area contributed by atoms with E-state index in [0.717, 1.165) is 11.1 Å². The fraction of sp³-hybridized carbons (Fsp3) is 0.300. The molecule has 0 aromatic heterocycles. The Kier molecular flexibility index (Phi) is 2.28. The van der Waals surface area contributed by atoms with E-state index in [-0.39, 0.29) is 0 Å². The van der Waals surface area contributed by atoms with Crippen molar-refractivity contribution < 1.29 is 0 Å². The van der Waals surface area contributed by atoms with Crippen LogP contribution in [0.15, 0.2) is 18.2 Å². The molecule has 0 aliphatic rings. The van der Waals surface area contributed by atoms with Gasteiger partial charge in [0.05, 0.1) is 11.6 Å². The van der Waals surface area contributed by atoms with Crippen LogP contribution in [-0.2, 0) is 0 Å². The molecule has 0 N–H and O–H groups in total. The average molecular weight is 144 g/mol. The summed E-state index contributed by atoms with van der Waals surface area (Å²) in [5.41, 5.74) is 1.75. The molecule has 0 aliphatic heterocycles. The predicted molar refractivity (Wildman–Crippen MR) is 44.1 cm³/mol. The van der Waals surface area contributed by atoms with E-state index in [4.69, 9.17) is 5.26 Å². The van der Waals surface area contributed by atoms with Crippen molar-refractivity contribution in [1.82, 2.24) is 0 Å². The largest absolute Gasteiger partial charge is 0.192 e. The lowest BCUT2D eigenvalue weighted by molar-refractivity contribution is 0.860. The van der Waals surface area contributed by atoms with Gasteiger partial charge in [-0.15, -0.1) is 0 Å². The fourth-order valence-corrected chi connectivity index (χ4v) is 1.02. The van der Waals surface area contributed by atoms with Crippen LogP contribution in [0.4, 0.5) is 0 Å². The van der Waals surface area contributed by atoms with Gasteiger partial charge in [-0.2, -0.15) is 5.26 Å². The van der Waals surface area contributed by atoms with Gasteiger partial charge in [-0.25, -0.2) is 0 Å². The van der Waals surface area contributed by atoms with Crippen molar-refractivity contribution >= 4 is 0 Å².